The van der Waals surface area contributed by atoms with E-state index in [4.69, 9.17) is 16.0 Å². The number of rotatable bonds is 5. The van der Waals surface area contributed by atoms with Crippen LogP contribution in [-0.2, 0) is 0 Å². The van der Waals surface area contributed by atoms with Crippen LogP contribution in [0.15, 0.2) is 94.5 Å². The highest BCUT2D eigenvalue weighted by atomic mass is 35.5. The van der Waals surface area contributed by atoms with E-state index in [0.717, 1.165) is 11.3 Å². The predicted molar refractivity (Wildman–Crippen MR) is 136 cm³/mol. The molecule has 6 heteroatoms. The lowest BCUT2D eigenvalue weighted by Gasteiger charge is -2.23. The Morgan fingerprint density at radius 3 is 2.12 bits per heavy atom. The van der Waals surface area contributed by atoms with Crippen LogP contribution in [0.5, 0.6) is 0 Å². The first-order valence-electron chi connectivity index (χ1n) is 10.1. The molecule has 6 rings (SSSR count). The fourth-order valence-electron chi connectivity index (χ4n) is 4.18. The van der Waals surface area contributed by atoms with E-state index in [1.54, 1.807) is 28.9 Å². The second-order valence-electron chi connectivity index (χ2n) is 7.50. The molecule has 0 saturated carbocycles. The quantitative estimate of drug-likeness (QED) is 0.273. The maximum Gasteiger partial charge on any atom is 0.181 e. The van der Waals surface area contributed by atoms with Gasteiger partial charge in [-0.3, -0.25) is 0 Å². The SMILES string of the molecule is Clc1cc(NC(c2cccc3sccc23)c2cccc3sccc23)ccc1-c1cnco1. The van der Waals surface area contributed by atoms with Gasteiger partial charge in [-0.25, -0.2) is 4.98 Å². The molecule has 0 fully saturated rings. The summed E-state index contributed by atoms with van der Waals surface area (Å²) in [5.74, 6) is 0.657. The van der Waals surface area contributed by atoms with Crippen molar-refractivity contribution in [1.82, 2.24) is 4.98 Å². The Kier molecular flexibility index (Phi) is 4.95. The Morgan fingerprint density at radius 1 is 0.844 bits per heavy atom. The van der Waals surface area contributed by atoms with E-state index in [2.05, 4.69) is 69.6 Å². The summed E-state index contributed by atoms with van der Waals surface area (Å²) in [5.41, 5.74) is 4.27. The van der Waals surface area contributed by atoms with Crippen molar-refractivity contribution in [3.8, 4) is 11.3 Å². The summed E-state index contributed by atoms with van der Waals surface area (Å²) in [6.45, 7) is 0. The summed E-state index contributed by atoms with van der Waals surface area (Å²) in [4.78, 5) is 4.00. The zero-order chi connectivity index (χ0) is 21.5. The van der Waals surface area contributed by atoms with E-state index in [-0.39, 0.29) is 6.04 Å². The Morgan fingerprint density at radius 2 is 1.53 bits per heavy atom. The van der Waals surface area contributed by atoms with Crippen molar-refractivity contribution in [1.29, 1.82) is 0 Å². The fraction of sp³-hybridized carbons (Fsp3) is 0.0385. The highest BCUT2D eigenvalue weighted by molar-refractivity contribution is 7.17. The monoisotopic (exact) mass is 472 g/mol. The Hall–Kier alpha value is -3.12. The topological polar surface area (TPSA) is 38.1 Å². The summed E-state index contributed by atoms with van der Waals surface area (Å²) >= 11 is 10.2. The number of hydrogen-bond acceptors (Lipinski definition) is 5. The minimum absolute atomic E-state index is 0.0289. The molecular formula is C26H17ClN2OS2. The van der Waals surface area contributed by atoms with Crippen LogP contribution >= 0.6 is 34.3 Å². The third kappa shape index (κ3) is 3.39. The fourth-order valence-corrected chi connectivity index (χ4v) is 6.10. The molecule has 0 unspecified atom stereocenters. The Balaban J connectivity index is 1.49. The van der Waals surface area contributed by atoms with Gasteiger partial charge in [-0.15, -0.1) is 22.7 Å². The van der Waals surface area contributed by atoms with E-state index < -0.39 is 0 Å². The lowest BCUT2D eigenvalue weighted by Crippen LogP contribution is -2.13. The Labute approximate surface area is 197 Å². The first-order valence-corrected chi connectivity index (χ1v) is 12.3. The molecule has 3 heterocycles. The lowest BCUT2D eigenvalue weighted by atomic mass is 9.93. The van der Waals surface area contributed by atoms with Crippen molar-refractivity contribution < 1.29 is 4.42 Å². The van der Waals surface area contributed by atoms with Crippen molar-refractivity contribution in [2.24, 2.45) is 0 Å². The molecule has 0 spiro atoms. The standard InChI is InChI=1S/C26H17ClN2OS2/c27-22-13-16(7-8-21(22)23-14-28-15-30-23)29-26(19-3-1-5-24-17(19)9-11-31-24)20-4-2-6-25-18(20)10-12-32-25/h1-15,26,29H. The number of hydrogen-bond donors (Lipinski definition) is 1. The van der Waals surface area contributed by atoms with E-state index >= 15 is 0 Å². The van der Waals surface area contributed by atoms with Gasteiger partial charge in [0.2, 0.25) is 0 Å². The molecule has 0 aliphatic heterocycles. The highest BCUT2D eigenvalue weighted by Crippen LogP contribution is 2.39. The first kappa shape index (κ1) is 19.6. The maximum atomic E-state index is 6.63. The maximum absolute atomic E-state index is 6.63. The van der Waals surface area contributed by atoms with Gasteiger partial charge in [-0.2, -0.15) is 0 Å². The molecule has 0 atom stereocenters. The molecule has 3 aromatic carbocycles. The van der Waals surface area contributed by atoms with Crippen molar-refractivity contribution in [3.63, 3.8) is 0 Å². The van der Waals surface area contributed by atoms with Crippen LogP contribution in [0.3, 0.4) is 0 Å². The average molecular weight is 473 g/mol. The molecule has 0 radical (unpaired) electrons. The number of anilines is 1. The minimum Gasteiger partial charge on any atom is -0.443 e. The number of benzene rings is 3. The van der Waals surface area contributed by atoms with E-state index in [0.29, 0.717) is 10.8 Å². The number of aromatic nitrogens is 1. The number of fused-ring (bicyclic) bond motifs is 2. The molecule has 0 aliphatic carbocycles. The summed E-state index contributed by atoms with van der Waals surface area (Å²) in [5, 5.41) is 11.2. The molecule has 3 nitrogen and oxygen atoms in total. The summed E-state index contributed by atoms with van der Waals surface area (Å²) < 4.78 is 7.99. The van der Waals surface area contributed by atoms with Gasteiger partial charge < -0.3 is 9.73 Å². The molecule has 0 saturated heterocycles. The first-order chi connectivity index (χ1) is 15.8. The number of halogens is 1. The largest absolute Gasteiger partial charge is 0.443 e. The van der Waals surface area contributed by atoms with Crippen LogP contribution in [0, 0.1) is 0 Å². The van der Waals surface area contributed by atoms with Gasteiger partial charge >= 0.3 is 0 Å². The molecule has 32 heavy (non-hydrogen) atoms. The Bertz CT molecular complexity index is 1460. The zero-order valence-corrected chi connectivity index (χ0v) is 19.2. The van der Waals surface area contributed by atoms with E-state index in [1.165, 1.54) is 37.7 Å². The van der Waals surface area contributed by atoms with Gasteiger partial charge in [0.25, 0.3) is 0 Å². The van der Waals surface area contributed by atoms with E-state index in [1.807, 2.05) is 18.2 Å². The zero-order valence-electron chi connectivity index (χ0n) is 16.8. The van der Waals surface area contributed by atoms with Gasteiger partial charge in [-0.05, 0) is 75.1 Å². The number of thiophene rings is 2. The van der Waals surface area contributed by atoms with Crippen molar-refractivity contribution >= 4 is 60.1 Å². The van der Waals surface area contributed by atoms with Crippen LogP contribution < -0.4 is 5.32 Å². The second kappa shape index (κ2) is 8.10. The average Bonchev–Trinajstić information content (AvgIpc) is 3.58. The summed E-state index contributed by atoms with van der Waals surface area (Å²) in [7, 11) is 0. The van der Waals surface area contributed by atoms with Crippen LogP contribution in [0.1, 0.15) is 17.2 Å². The van der Waals surface area contributed by atoms with Crippen molar-refractivity contribution in [3.05, 3.63) is 106 Å². The normalized spacial score (nSPS) is 11.6. The minimum atomic E-state index is -0.0289. The van der Waals surface area contributed by atoms with Crippen LogP contribution in [-0.4, -0.2) is 4.98 Å². The number of nitrogens with one attached hydrogen (secondary N) is 1. The molecule has 156 valence electrons. The smallest absolute Gasteiger partial charge is 0.181 e. The number of nitrogens with zero attached hydrogens (tertiary/aromatic N) is 1. The number of oxazole rings is 1. The molecule has 6 aromatic rings. The molecule has 1 N–H and O–H groups in total. The third-order valence-electron chi connectivity index (χ3n) is 5.66. The van der Waals surface area contributed by atoms with Gasteiger partial charge in [0.15, 0.2) is 12.2 Å². The predicted octanol–water partition coefficient (Wildman–Crippen LogP) is 8.63. The molecule has 0 amide bonds. The lowest BCUT2D eigenvalue weighted by molar-refractivity contribution is 0.572. The summed E-state index contributed by atoms with van der Waals surface area (Å²) in [6.07, 6.45) is 3.09. The van der Waals surface area contributed by atoms with Crippen LogP contribution in [0.2, 0.25) is 5.02 Å². The third-order valence-corrected chi connectivity index (χ3v) is 7.74. The van der Waals surface area contributed by atoms with Crippen LogP contribution in [0.4, 0.5) is 5.69 Å². The van der Waals surface area contributed by atoms with Gasteiger partial charge in [0.05, 0.1) is 17.3 Å². The molecular weight excluding hydrogens is 456 g/mol. The molecule has 0 aliphatic rings. The van der Waals surface area contributed by atoms with Crippen LogP contribution in [0.25, 0.3) is 31.5 Å². The second-order valence-corrected chi connectivity index (χ2v) is 9.80. The van der Waals surface area contributed by atoms with Gasteiger partial charge in [-0.1, -0.05) is 35.9 Å². The highest BCUT2D eigenvalue weighted by Gasteiger charge is 2.20. The van der Waals surface area contributed by atoms with Crippen molar-refractivity contribution in [2.45, 2.75) is 6.04 Å². The molecule has 3 aromatic heterocycles. The van der Waals surface area contributed by atoms with E-state index in [9.17, 15) is 0 Å². The summed E-state index contributed by atoms with van der Waals surface area (Å²) in [6, 6.07) is 23.4. The van der Waals surface area contributed by atoms with Gasteiger partial charge in [0.1, 0.15) is 0 Å². The van der Waals surface area contributed by atoms with Crippen molar-refractivity contribution in [2.75, 3.05) is 5.32 Å². The molecule has 0 bridgehead atoms. The van der Waals surface area contributed by atoms with Gasteiger partial charge in [0, 0.05) is 20.7 Å².